The monoisotopic (exact) mass is 300 g/mol. The van der Waals surface area contributed by atoms with Crippen LogP contribution in [0, 0.1) is 11.8 Å². The average Bonchev–Trinajstić information content (AvgIpc) is 2.37. The standard InChI is InChI=1S/C14H28N4O3/c1-11(2)8-12(9-13(19)20)10-15-14(21)16-18-6-4-17(3)5-7-18/h11-12H,4-10H2,1-3H3,(H,19,20)(H2,15,16,21)/t12-/m0/s1. The van der Waals surface area contributed by atoms with Crippen molar-refractivity contribution in [1.29, 1.82) is 0 Å². The lowest BCUT2D eigenvalue weighted by Gasteiger charge is -2.32. The first-order valence-corrected chi connectivity index (χ1v) is 7.56. The maximum absolute atomic E-state index is 11.8. The van der Waals surface area contributed by atoms with Crippen LogP contribution in [-0.2, 0) is 4.79 Å². The Morgan fingerprint density at radius 1 is 1.19 bits per heavy atom. The van der Waals surface area contributed by atoms with Gasteiger partial charge in [0.05, 0.1) is 0 Å². The molecule has 0 aliphatic carbocycles. The fourth-order valence-corrected chi connectivity index (χ4v) is 2.49. The highest BCUT2D eigenvalue weighted by molar-refractivity contribution is 5.73. The first kappa shape index (κ1) is 17.7. The summed E-state index contributed by atoms with van der Waals surface area (Å²) in [6.45, 7) is 7.95. The molecule has 7 nitrogen and oxygen atoms in total. The molecule has 0 saturated carbocycles. The minimum Gasteiger partial charge on any atom is -0.481 e. The maximum Gasteiger partial charge on any atom is 0.329 e. The number of urea groups is 1. The molecule has 0 spiro atoms. The average molecular weight is 300 g/mol. The van der Waals surface area contributed by atoms with Gasteiger partial charge in [0.1, 0.15) is 0 Å². The molecule has 0 unspecified atom stereocenters. The minimum absolute atomic E-state index is 0.0271. The van der Waals surface area contributed by atoms with Crippen LogP contribution in [0.15, 0.2) is 0 Å². The van der Waals surface area contributed by atoms with Gasteiger partial charge >= 0.3 is 12.0 Å². The van der Waals surface area contributed by atoms with Crippen molar-refractivity contribution in [3.63, 3.8) is 0 Å². The number of piperazine rings is 1. The van der Waals surface area contributed by atoms with E-state index in [0.717, 1.165) is 32.6 Å². The van der Waals surface area contributed by atoms with Gasteiger partial charge in [-0.05, 0) is 25.3 Å². The third-order valence-electron chi connectivity index (χ3n) is 3.58. The summed E-state index contributed by atoms with van der Waals surface area (Å²) in [7, 11) is 2.06. The molecule has 1 rings (SSSR count). The molecule has 122 valence electrons. The molecule has 1 saturated heterocycles. The lowest BCUT2D eigenvalue weighted by Crippen LogP contribution is -2.55. The molecule has 1 heterocycles. The summed E-state index contributed by atoms with van der Waals surface area (Å²) in [5, 5.41) is 13.6. The van der Waals surface area contributed by atoms with Crippen molar-refractivity contribution in [2.45, 2.75) is 26.7 Å². The summed E-state index contributed by atoms with van der Waals surface area (Å²) < 4.78 is 0. The van der Waals surface area contributed by atoms with E-state index in [2.05, 4.69) is 36.5 Å². The Bertz CT molecular complexity index is 341. The first-order chi connectivity index (χ1) is 9.86. The molecule has 0 bridgehead atoms. The topological polar surface area (TPSA) is 84.9 Å². The van der Waals surface area contributed by atoms with Crippen molar-refractivity contribution in [3.05, 3.63) is 0 Å². The Hall–Kier alpha value is -1.34. The van der Waals surface area contributed by atoms with E-state index in [1.807, 2.05) is 5.01 Å². The second-order valence-electron chi connectivity index (χ2n) is 6.21. The van der Waals surface area contributed by atoms with Crippen molar-refractivity contribution in [3.8, 4) is 0 Å². The number of nitrogens with one attached hydrogen (secondary N) is 2. The zero-order valence-electron chi connectivity index (χ0n) is 13.3. The van der Waals surface area contributed by atoms with Crippen LogP contribution in [0.2, 0.25) is 0 Å². The minimum atomic E-state index is -0.818. The number of carbonyl (C=O) groups excluding carboxylic acids is 1. The summed E-state index contributed by atoms with van der Waals surface area (Å²) in [5.74, 6) is -0.431. The predicted octanol–water partition coefficient (Wildman–Crippen LogP) is 0.585. The quantitative estimate of drug-likeness (QED) is 0.640. The van der Waals surface area contributed by atoms with Crippen LogP contribution in [0.4, 0.5) is 4.79 Å². The number of carbonyl (C=O) groups is 2. The van der Waals surface area contributed by atoms with Crippen LogP contribution in [-0.4, -0.2) is 66.8 Å². The lowest BCUT2D eigenvalue weighted by atomic mass is 9.94. The molecular weight excluding hydrogens is 272 g/mol. The number of hydrogen-bond donors (Lipinski definition) is 3. The van der Waals surface area contributed by atoms with Gasteiger partial charge in [-0.1, -0.05) is 13.8 Å². The van der Waals surface area contributed by atoms with Gasteiger partial charge in [0, 0.05) is 39.1 Å². The molecule has 1 atom stereocenters. The largest absolute Gasteiger partial charge is 0.481 e. The van der Waals surface area contributed by atoms with E-state index in [-0.39, 0.29) is 18.4 Å². The zero-order valence-corrected chi connectivity index (χ0v) is 13.3. The Morgan fingerprint density at radius 3 is 2.33 bits per heavy atom. The SMILES string of the molecule is CC(C)C[C@H](CNC(=O)NN1CCN(C)CC1)CC(=O)O. The summed E-state index contributed by atoms with van der Waals surface area (Å²) in [5.41, 5.74) is 2.81. The molecule has 3 N–H and O–H groups in total. The van der Waals surface area contributed by atoms with E-state index in [1.165, 1.54) is 0 Å². The van der Waals surface area contributed by atoms with Gasteiger partial charge in [-0.3, -0.25) is 10.2 Å². The van der Waals surface area contributed by atoms with Gasteiger partial charge < -0.3 is 15.3 Å². The predicted molar refractivity (Wildman–Crippen MR) is 80.8 cm³/mol. The van der Waals surface area contributed by atoms with Gasteiger partial charge in [-0.2, -0.15) is 0 Å². The van der Waals surface area contributed by atoms with Crippen molar-refractivity contribution < 1.29 is 14.7 Å². The molecule has 21 heavy (non-hydrogen) atoms. The molecule has 1 fully saturated rings. The number of likely N-dealkylation sites (N-methyl/N-ethyl adjacent to an activating group) is 1. The van der Waals surface area contributed by atoms with Crippen LogP contribution < -0.4 is 10.7 Å². The van der Waals surface area contributed by atoms with Crippen molar-refractivity contribution in [1.82, 2.24) is 20.7 Å². The van der Waals surface area contributed by atoms with Crippen LogP contribution in [0.1, 0.15) is 26.7 Å². The van der Waals surface area contributed by atoms with Gasteiger partial charge in [-0.25, -0.2) is 9.80 Å². The third kappa shape index (κ3) is 7.87. The van der Waals surface area contributed by atoms with Gasteiger partial charge in [-0.15, -0.1) is 0 Å². The van der Waals surface area contributed by atoms with Crippen LogP contribution in [0.25, 0.3) is 0 Å². The highest BCUT2D eigenvalue weighted by atomic mass is 16.4. The summed E-state index contributed by atoms with van der Waals surface area (Å²) in [6, 6.07) is -0.251. The normalized spacial score (nSPS) is 18.5. The van der Waals surface area contributed by atoms with E-state index < -0.39 is 5.97 Å². The summed E-state index contributed by atoms with van der Waals surface area (Å²) in [6.07, 6.45) is 0.883. The smallest absolute Gasteiger partial charge is 0.329 e. The summed E-state index contributed by atoms with van der Waals surface area (Å²) >= 11 is 0. The molecule has 1 aliphatic rings. The molecule has 0 aromatic rings. The number of aliphatic carboxylic acids is 1. The van der Waals surface area contributed by atoms with E-state index >= 15 is 0 Å². The summed E-state index contributed by atoms with van der Waals surface area (Å²) in [4.78, 5) is 24.9. The van der Waals surface area contributed by atoms with Crippen LogP contribution in [0.5, 0.6) is 0 Å². The van der Waals surface area contributed by atoms with Gasteiger partial charge in [0.2, 0.25) is 0 Å². The molecule has 1 aliphatic heterocycles. The molecule has 0 radical (unpaired) electrons. The number of carboxylic acid groups (broad SMARTS) is 1. The molecule has 7 heteroatoms. The van der Waals surface area contributed by atoms with Crippen molar-refractivity contribution >= 4 is 12.0 Å². The van der Waals surface area contributed by atoms with Gasteiger partial charge in [0.25, 0.3) is 0 Å². The lowest BCUT2D eigenvalue weighted by molar-refractivity contribution is -0.138. The number of amides is 2. The molecular formula is C14H28N4O3. The Morgan fingerprint density at radius 2 is 1.81 bits per heavy atom. The Labute approximate surface area is 126 Å². The van der Waals surface area contributed by atoms with E-state index in [4.69, 9.17) is 5.11 Å². The van der Waals surface area contributed by atoms with Gasteiger partial charge in [0.15, 0.2) is 0 Å². The number of nitrogens with zero attached hydrogens (tertiary/aromatic N) is 2. The number of hydrazine groups is 1. The highest BCUT2D eigenvalue weighted by Crippen LogP contribution is 2.14. The molecule has 0 aromatic carbocycles. The highest BCUT2D eigenvalue weighted by Gasteiger charge is 2.18. The molecule has 2 amide bonds. The fourth-order valence-electron chi connectivity index (χ4n) is 2.49. The fraction of sp³-hybridized carbons (Fsp3) is 0.857. The number of rotatable bonds is 7. The number of hydrogen-bond acceptors (Lipinski definition) is 4. The molecule has 0 aromatic heterocycles. The second kappa shape index (κ2) is 8.84. The Balaban J connectivity index is 2.30. The van der Waals surface area contributed by atoms with Crippen LogP contribution in [0.3, 0.4) is 0 Å². The van der Waals surface area contributed by atoms with Crippen molar-refractivity contribution in [2.75, 3.05) is 39.8 Å². The third-order valence-corrected chi connectivity index (χ3v) is 3.58. The first-order valence-electron chi connectivity index (χ1n) is 7.56. The maximum atomic E-state index is 11.8. The van der Waals surface area contributed by atoms with E-state index in [1.54, 1.807) is 0 Å². The van der Waals surface area contributed by atoms with Crippen molar-refractivity contribution in [2.24, 2.45) is 11.8 Å². The zero-order chi connectivity index (χ0) is 15.8. The Kier molecular flexibility index (Phi) is 7.45. The second-order valence-corrected chi connectivity index (χ2v) is 6.21. The van der Waals surface area contributed by atoms with E-state index in [9.17, 15) is 9.59 Å². The number of carboxylic acids is 1. The van der Waals surface area contributed by atoms with Crippen LogP contribution >= 0.6 is 0 Å². The van der Waals surface area contributed by atoms with E-state index in [0.29, 0.717) is 12.5 Å².